The zero-order valence-corrected chi connectivity index (χ0v) is 14.8. The summed E-state index contributed by atoms with van der Waals surface area (Å²) in [4.78, 5) is 0. The van der Waals surface area contributed by atoms with Crippen LogP contribution in [0.15, 0.2) is 84.0 Å². The molecule has 0 atom stereocenters. The maximum Gasteiger partial charge on any atom is 0.507 e. The number of halogens is 4. The van der Waals surface area contributed by atoms with Gasteiger partial charge in [-0.2, -0.15) is 22.7 Å². The van der Waals surface area contributed by atoms with Gasteiger partial charge in [0.25, 0.3) is 0 Å². The molecule has 4 rings (SSSR count). The maximum atomic E-state index is 13.4. The van der Waals surface area contributed by atoms with Crippen LogP contribution in [0.5, 0.6) is 11.5 Å². The van der Waals surface area contributed by atoms with Crippen molar-refractivity contribution in [2.24, 2.45) is 5.10 Å². The number of hydrogen-bond acceptors (Lipinski definition) is 4. The maximum absolute atomic E-state index is 13.4. The highest BCUT2D eigenvalue weighted by Gasteiger charge is 2.65. The van der Waals surface area contributed by atoms with Crippen molar-refractivity contribution in [1.29, 1.82) is 0 Å². The van der Waals surface area contributed by atoms with E-state index in [0.717, 1.165) is 23.3 Å². The fourth-order valence-electron chi connectivity index (χ4n) is 2.74. The second kappa shape index (κ2) is 7.12. The molecule has 0 amide bonds. The van der Waals surface area contributed by atoms with Crippen LogP contribution in [0, 0.1) is 0 Å². The van der Waals surface area contributed by atoms with Gasteiger partial charge in [-0.3, -0.25) is 5.43 Å². The standard InChI is InChI=1S/C21H14F4N2O2/c22-20(23)21(24,25)29-18-13-16(11-12-17(18)28-20)26-27-19(14-7-3-1-4-8-14)15-9-5-2-6-10-15/h1-13,26H. The first-order chi connectivity index (χ1) is 13.9. The summed E-state index contributed by atoms with van der Waals surface area (Å²) in [7, 11) is 0. The molecule has 1 N–H and O–H groups in total. The highest BCUT2D eigenvalue weighted by Crippen LogP contribution is 2.47. The first-order valence-corrected chi connectivity index (χ1v) is 8.58. The van der Waals surface area contributed by atoms with E-state index in [4.69, 9.17) is 0 Å². The number of alkyl halides is 4. The minimum Gasteiger partial charge on any atom is -0.421 e. The highest BCUT2D eigenvalue weighted by atomic mass is 19.3. The zero-order chi connectivity index (χ0) is 20.5. The molecule has 4 nitrogen and oxygen atoms in total. The number of ether oxygens (including phenoxy) is 2. The molecular weight excluding hydrogens is 388 g/mol. The number of hydrazone groups is 1. The van der Waals surface area contributed by atoms with Gasteiger partial charge in [-0.05, 0) is 12.1 Å². The van der Waals surface area contributed by atoms with Crippen molar-refractivity contribution in [2.75, 3.05) is 5.43 Å². The third-order valence-electron chi connectivity index (χ3n) is 4.15. The lowest BCUT2D eigenvalue weighted by molar-refractivity contribution is -0.391. The Hall–Kier alpha value is -3.55. The first kappa shape index (κ1) is 18.8. The minimum atomic E-state index is -4.78. The quantitative estimate of drug-likeness (QED) is 0.356. The molecule has 1 aliphatic heterocycles. The Bertz CT molecular complexity index is 1000. The molecule has 3 aromatic carbocycles. The van der Waals surface area contributed by atoms with E-state index in [2.05, 4.69) is 20.0 Å². The van der Waals surface area contributed by atoms with E-state index >= 15 is 0 Å². The number of benzene rings is 3. The van der Waals surface area contributed by atoms with Crippen molar-refractivity contribution in [3.05, 3.63) is 90.0 Å². The van der Waals surface area contributed by atoms with Gasteiger partial charge in [0.15, 0.2) is 11.5 Å². The van der Waals surface area contributed by atoms with Crippen molar-refractivity contribution in [3.63, 3.8) is 0 Å². The van der Waals surface area contributed by atoms with Crippen LogP contribution >= 0.6 is 0 Å². The summed E-state index contributed by atoms with van der Waals surface area (Å²) in [5.41, 5.74) is 5.29. The monoisotopic (exact) mass is 402 g/mol. The lowest BCUT2D eigenvalue weighted by Crippen LogP contribution is -2.52. The molecule has 0 fully saturated rings. The molecule has 0 saturated carbocycles. The summed E-state index contributed by atoms with van der Waals surface area (Å²) < 4.78 is 61.6. The van der Waals surface area contributed by atoms with Crippen LogP contribution < -0.4 is 14.9 Å². The van der Waals surface area contributed by atoms with Crippen LogP contribution in [-0.2, 0) is 0 Å². The smallest absolute Gasteiger partial charge is 0.421 e. The third-order valence-corrected chi connectivity index (χ3v) is 4.15. The molecule has 148 valence electrons. The van der Waals surface area contributed by atoms with E-state index < -0.39 is 23.7 Å². The molecular formula is C21H14F4N2O2. The van der Waals surface area contributed by atoms with E-state index in [1.165, 1.54) is 6.07 Å². The molecule has 8 heteroatoms. The predicted molar refractivity (Wildman–Crippen MR) is 99.7 cm³/mol. The largest absolute Gasteiger partial charge is 0.507 e. The van der Waals surface area contributed by atoms with Gasteiger partial charge in [-0.15, -0.1) is 0 Å². The molecule has 0 radical (unpaired) electrons. The van der Waals surface area contributed by atoms with E-state index in [1.54, 1.807) is 0 Å². The van der Waals surface area contributed by atoms with Crippen LogP contribution in [0.4, 0.5) is 23.2 Å². The number of nitrogens with one attached hydrogen (secondary N) is 1. The lowest BCUT2D eigenvalue weighted by atomic mass is 10.0. The van der Waals surface area contributed by atoms with Crippen molar-refractivity contribution < 1.29 is 27.0 Å². The number of rotatable bonds is 4. The Kier molecular flexibility index (Phi) is 4.62. The molecule has 0 unspecified atom stereocenters. The number of hydrogen-bond donors (Lipinski definition) is 1. The van der Waals surface area contributed by atoms with Crippen LogP contribution in [0.2, 0.25) is 0 Å². The molecule has 0 bridgehead atoms. The van der Waals surface area contributed by atoms with Crippen molar-refractivity contribution in [1.82, 2.24) is 0 Å². The highest BCUT2D eigenvalue weighted by molar-refractivity contribution is 6.13. The number of anilines is 1. The first-order valence-electron chi connectivity index (χ1n) is 8.58. The zero-order valence-electron chi connectivity index (χ0n) is 14.8. The van der Waals surface area contributed by atoms with E-state index in [9.17, 15) is 17.6 Å². The Morgan fingerprint density at radius 2 is 1.21 bits per heavy atom. The van der Waals surface area contributed by atoms with Gasteiger partial charge >= 0.3 is 12.2 Å². The molecule has 29 heavy (non-hydrogen) atoms. The number of fused-ring (bicyclic) bond motifs is 1. The molecule has 0 aromatic heterocycles. The van der Waals surface area contributed by atoms with Gasteiger partial charge in [0.05, 0.1) is 11.4 Å². The van der Waals surface area contributed by atoms with Gasteiger partial charge in [0.2, 0.25) is 0 Å². The Labute approximate surface area is 163 Å². The van der Waals surface area contributed by atoms with Crippen LogP contribution in [0.3, 0.4) is 0 Å². The van der Waals surface area contributed by atoms with Gasteiger partial charge in [0, 0.05) is 17.2 Å². The van der Waals surface area contributed by atoms with E-state index in [1.807, 2.05) is 60.7 Å². The SMILES string of the molecule is FC1(F)Oc2ccc(NN=C(c3ccccc3)c3ccccc3)cc2OC1(F)F. The summed E-state index contributed by atoms with van der Waals surface area (Å²) in [5.74, 6) is -0.996. The Morgan fingerprint density at radius 1 is 0.690 bits per heavy atom. The lowest BCUT2D eigenvalue weighted by Gasteiger charge is -2.31. The predicted octanol–water partition coefficient (Wildman–Crippen LogP) is 5.51. The molecule has 0 spiro atoms. The second-order valence-electron chi connectivity index (χ2n) is 6.20. The Balaban J connectivity index is 1.65. The van der Waals surface area contributed by atoms with Crippen molar-refractivity contribution in [2.45, 2.75) is 12.2 Å². The van der Waals surface area contributed by atoms with Gasteiger partial charge < -0.3 is 9.47 Å². The molecule has 3 aromatic rings. The van der Waals surface area contributed by atoms with Gasteiger partial charge in [0.1, 0.15) is 0 Å². The average molecular weight is 402 g/mol. The normalized spacial score (nSPS) is 16.0. The van der Waals surface area contributed by atoms with Crippen molar-refractivity contribution in [3.8, 4) is 11.5 Å². The van der Waals surface area contributed by atoms with Crippen LogP contribution in [0.25, 0.3) is 0 Å². The number of nitrogens with zero attached hydrogens (tertiary/aromatic N) is 1. The van der Waals surface area contributed by atoms with Crippen molar-refractivity contribution >= 4 is 11.4 Å². The second-order valence-corrected chi connectivity index (χ2v) is 6.20. The third kappa shape index (κ3) is 3.73. The molecule has 0 saturated heterocycles. The van der Waals surface area contributed by atoms with Gasteiger partial charge in [-0.1, -0.05) is 60.7 Å². The fraction of sp³-hybridized carbons (Fsp3) is 0.0952. The van der Waals surface area contributed by atoms with E-state index in [0.29, 0.717) is 5.71 Å². The fourth-order valence-corrected chi connectivity index (χ4v) is 2.74. The van der Waals surface area contributed by atoms with E-state index in [-0.39, 0.29) is 5.69 Å². The minimum absolute atomic E-state index is 0.262. The average Bonchev–Trinajstić information content (AvgIpc) is 2.70. The molecule has 1 aliphatic rings. The summed E-state index contributed by atoms with van der Waals surface area (Å²) in [5, 5.41) is 4.38. The summed E-state index contributed by atoms with van der Waals surface area (Å²) in [6.45, 7) is 0. The van der Waals surface area contributed by atoms with Gasteiger partial charge in [-0.25, -0.2) is 0 Å². The Morgan fingerprint density at radius 3 is 1.76 bits per heavy atom. The van der Waals surface area contributed by atoms with Crippen LogP contribution in [0.1, 0.15) is 11.1 Å². The van der Waals surface area contributed by atoms with Crippen LogP contribution in [-0.4, -0.2) is 17.9 Å². The summed E-state index contributed by atoms with van der Waals surface area (Å²) in [6, 6.07) is 22.3. The molecule has 1 heterocycles. The topological polar surface area (TPSA) is 42.8 Å². The summed E-state index contributed by atoms with van der Waals surface area (Å²) >= 11 is 0. The summed E-state index contributed by atoms with van der Waals surface area (Å²) in [6.07, 6.45) is -9.53. The molecule has 0 aliphatic carbocycles.